The summed E-state index contributed by atoms with van der Waals surface area (Å²) in [6.45, 7) is 11.8. The van der Waals surface area contributed by atoms with E-state index in [9.17, 15) is 0 Å². The molecular formula is C15H26N2S. The van der Waals surface area contributed by atoms with E-state index in [1.54, 1.807) is 0 Å². The maximum atomic E-state index is 4.57. The van der Waals surface area contributed by atoms with Crippen molar-refractivity contribution in [2.24, 2.45) is 0 Å². The van der Waals surface area contributed by atoms with Crippen molar-refractivity contribution >= 4 is 11.8 Å². The third-order valence-electron chi connectivity index (χ3n) is 2.65. The second-order valence-corrected chi connectivity index (χ2v) is 6.85. The minimum Gasteiger partial charge on any atom is -0.308 e. The fraction of sp³-hybridized carbons (Fsp3) is 0.667. The normalized spacial score (nSPS) is 11.8. The Balaban J connectivity index is 2.56. The molecule has 0 atom stereocenters. The van der Waals surface area contributed by atoms with Crippen LogP contribution in [-0.4, -0.2) is 16.3 Å². The molecule has 0 spiro atoms. The van der Waals surface area contributed by atoms with Crippen molar-refractivity contribution < 1.29 is 0 Å². The zero-order valence-corrected chi connectivity index (χ0v) is 13.2. The zero-order chi connectivity index (χ0) is 13.6. The first kappa shape index (κ1) is 15.5. The average Bonchev–Trinajstić information content (AvgIpc) is 2.28. The smallest absolute Gasteiger partial charge is 0.0989 e. The molecule has 102 valence electrons. The van der Waals surface area contributed by atoms with Crippen LogP contribution in [0, 0.1) is 6.92 Å². The van der Waals surface area contributed by atoms with Crippen LogP contribution in [0.3, 0.4) is 0 Å². The number of aromatic nitrogens is 1. The topological polar surface area (TPSA) is 24.9 Å². The van der Waals surface area contributed by atoms with Gasteiger partial charge in [0.2, 0.25) is 0 Å². The molecule has 0 unspecified atom stereocenters. The van der Waals surface area contributed by atoms with Gasteiger partial charge in [-0.3, -0.25) is 0 Å². The minimum absolute atomic E-state index is 0.155. The quantitative estimate of drug-likeness (QED) is 0.618. The molecule has 1 aromatic heterocycles. The molecule has 0 aliphatic carbocycles. The lowest BCUT2D eigenvalue weighted by Crippen LogP contribution is -2.35. The summed E-state index contributed by atoms with van der Waals surface area (Å²) >= 11 is 1.87. The molecule has 1 rings (SSSR count). The summed E-state index contributed by atoms with van der Waals surface area (Å²) in [4.78, 5) is 4.57. The van der Waals surface area contributed by atoms with E-state index < -0.39 is 0 Å². The molecule has 0 saturated heterocycles. The van der Waals surface area contributed by atoms with Crippen molar-refractivity contribution in [1.29, 1.82) is 0 Å². The molecule has 0 radical (unpaired) electrons. The summed E-state index contributed by atoms with van der Waals surface area (Å²) < 4.78 is 0. The fourth-order valence-corrected chi connectivity index (χ4v) is 2.59. The first-order valence-electron chi connectivity index (χ1n) is 6.75. The van der Waals surface area contributed by atoms with Crippen LogP contribution in [0.1, 0.15) is 51.7 Å². The standard InChI is InChI=1S/C15H26N2S/c1-6-7-8-18-14-12(2)9-13(10-16-14)11-17-15(3,4)5/h9-10,17H,6-8,11H2,1-5H3. The van der Waals surface area contributed by atoms with E-state index in [1.165, 1.54) is 34.7 Å². The van der Waals surface area contributed by atoms with Gasteiger partial charge in [-0.05, 0) is 51.0 Å². The van der Waals surface area contributed by atoms with E-state index in [4.69, 9.17) is 0 Å². The average molecular weight is 266 g/mol. The molecule has 0 fully saturated rings. The van der Waals surface area contributed by atoms with Crippen molar-refractivity contribution in [2.75, 3.05) is 5.75 Å². The highest BCUT2D eigenvalue weighted by atomic mass is 32.2. The number of nitrogens with one attached hydrogen (secondary N) is 1. The SMILES string of the molecule is CCCCSc1ncc(CNC(C)(C)C)cc1C. The van der Waals surface area contributed by atoms with Gasteiger partial charge in [-0.1, -0.05) is 19.4 Å². The molecule has 0 aromatic carbocycles. The summed E-state index contributed by atoms with van der Waals surface area (Å²) in [5.74, 6) is 1.17. The van der Waals surface area contributed by atoms with Crippen molar-refractivity contribution in [1.82, 2.24) is 10.3 Å². The molecule has 0 bridgehead atoms. The Labute approximate surface area is 116 Å². The van der Waals surface area contributed by atoms with Crippen LogP contribution < -0.4 is 5.32 Å². The predicted octanol–water partition coefficient (Wildman–Crippen LogP) is 4.17. The van der Waals surface area contributed by atoms with Crippen LogP contribution in [0.15, 0.2) is 17.3 Å². The van der Waals surface area contributed by atoms with E-state index >= 15 is 0 Å². The Bertz CT molecular complexity index is 369. The van der Waals surface area contributed by atoms with Gasteiger partial charge in [-0.25, -0.2) is 4.98 Å². The van der Waals surface area contributed by atoms with Crippen molar-refractivity contribution in [3.63, 3.8) is 0 Å². The number of rotatable bonds is 6. The molecule has 1 heterocycles. The van der Waals surface area contributed by atoms with E-state index in [2.05, 4.69) is 51.0 Å². The Morgan fingerprint density at radius 2 is 2.06 bits per heavy atom. The number of unbranched alkanes of at least 4 members (excludes halogenated alkanes) is 1. The summed E-state index contributed by atoms with van der Waals surface area (Å²) in [6, 6.07) is 2.25. The molecular weight excluding hydrogens is 240 g/mol. The van der Waals surface area contributed by atoms with E-state index in [0.717, 1.165) is 6.54 Å². The van der Waals surface area contributed by atoms with E-state index in [-0.39, 0.29) is 5.54 Å². The lowest BCUT2D eigenvalue weighted by Gasteiger charge is -2.20. The highest BCUT2D eigenvalue weighted by Gasteiger charge is 2.09. The fourth-order valence-electron chi connectivity index (χ4n) is 1.55. The molecule has 1 N–H and O–H groups in total. The van der Waals surface area contributed by atoms with Crippen LogP contribution >= 0.6 is 11.8 Å². The number of hydrogen-bond acceptors (Lipinski definition) is 3. The maximum Gasteiger partial charge on any atom is 0.0989 e. The summed E-state index contributed by atoms with van der Waals surface area (Å²) in [5.41, 5.74) is 2.72. The van der Waals surface area contributed by atoms with Gasteiger partial charge < -0.3 is 5.32 Å². The van der Waals surface area contributed by atoms with Crippen molar-refractivity contribution in [3.8, 4) is 0 Å². The third-order valence-corrected chi connectivity index (χ3v) is 3.84. The summed E-state index contributed by atoms with van der Waals surface area (Å²) in [7, 11) is 0. The summed E-state index contributed by atoms with van der Waals surface area (Å²) in [6.07, 6.45) is 4.51. The van der Waals surface area contributed by atoms with Crippen LogP contribution in [0.25, 0.3) is 0 Å². The zero-order valence-electron chi connectivity index (χ0n) is 12.3. The van der Waals surface area contributed by atoms with Gasteiger partial charge in [0.25, 0.3) is 0 Å². The van der Waals surface area contributed by atoms with Gasteiger partial charge in [-0.2, -0.15) is 0 Å². The molecule has 0 saturated carbocycles. The van der Waals surface area contributed by atoms with Crippen LogP contribution in [0.5, 0.6) is 0 Å². The monoisotopic (exact) mass is 266 g/mol. The Kier molecular flexibility index (Phi) is 6.16. The van der Waals surface area contributed by atoms with Crippen LogP contribution in [0.4, 0.5) is 0 Å². The number of nitrogens with zero attached hydrogens (tertiary/aromatic N) is 1. The molecule has 1 aromatic rings. The Hall–Kier alpha value is -0.540. The van der Waals surface area contributed by atoms with E-state index in [1.807, 2.05) is 18.0 Å². The molecule has 2 nitrogen and oxygen atoms in total. The van der Waals surface area contributed by atoms with Crippen molar-refractivity contribution in [3.05, 3.63) is 23.4 Å². The first-order valence-corrected chi connectivity index (χ1v) is 7.74. The molecule has 3 heteroatoms. The van der Waals surface area contributed by atoms with E-state index in [0.29, 0.717) is 0 Å². The first-order chi connectivity index (χ1) is 8.42. The number of thioether (sulfide) groups is 1. The summed E-state index contributed by atoms with van der Waals surface area (Å²) in [5, 5.41) is 4.67. The molecule has 0 aliphatic heterocycles. The van der Waals surface area contributed by atoms with Gasteiger partial charge in [-0.15, -0.1) is 11.8 Å². The maximum absolute atomic E-state index is 4.57. The van der Waals surface area contributed by atoms with Gasteiger partial charge in [0.1, 0.15) is 0 Å². The minimum atomic E-state index is 0.155. The largest absolute Gasteiger partial charge is 0.308 e. The van der Waals surface area contributed by atoms with Gasteiger partial charge in [0.05, 0.1) is 5.03 Å². The molecule has 18 heavy (non-hydrogen) atoms. The van der Waals surface area contributed by atoms with Gasteiger partial charge in [0, 0.05) is 18.3 Å². The third kappa shape index (κ3) is 5.87. The molecule has 0 amide bonds. The lowest BCUT2D eigenvalue weighted by atomic mass is 10.1. The molecule has 0 aliphatic rings. The Morgan fingerprint density at radius 3 is 2.61 bits per heavy atom. The second kappa shape index (κ2) is 7.15. The van der Waals surface area contributed by atoms with Crippen LogP contribution in [0.2, 0.25) is 0 Å². The number of hydrogen-bond donors (Lipinski definition) is 1. The highest BCUT2D eigenvalue weighted by Crippen LogP contribution is 2.21. The predicted molar refractivity (Wildman–Crippen MR) is 81.2 cm³/mol. The number of aryl methyl sites for hydroxylation is 1. The van der Waals surface area contributed by atoms with Gasteiger partial charge >= 0.3 is 0 Å². The lowest BCUT2D eigenvalue weighted by molar-refractivity contribution is 0.424. The van der Waals surface area contributed by atoms with Crippen molar-refractivity contribution in [2.45, 2.75) is 64.6 Å². The van der Waals surface area contributed by atoms with Gasteiger partial charge in [0.15, 0.2) is 0 Å². The Morgan fingerprint density at radius 1 is 1.33 bits per heavy atom. The van der Waals surface area contributed by atoms with Crippen LogP contribution in [-0.2, 0) is 6.54 Å². The highest BCUT2D eigenvalue weighted by molar-refractivity contribution is 7.99. The second-order valence-electron chi connectivity index (χ2n) is 5.77. The number of pyridine rings is 1.